The van der Waals surface area contributed by atoms with Crippen LogP contribution in [-0.4, -0.2) is 17.1 Å². The van der Waals surface area contributed by atoms with E-state index in [2.05, 4.69) is 6.92 Å². The third-order valence-corrected chi connectivity index (χ3v) is 2.10. The summed E-state index contributed by atoms with van der Waals surface area (Å²) in [7, 11) is 0. The van der Waals surface area contributed by atoms with Gasteiger partial charge in [-0.3, -0.25) is 4.79 Å². The predicted octanol–water partition coefficient (Wildman–Crippen LogP) is 1.58. The third-order valence-electron chi connectivity index (χ3n) is 2.10. The second-order valence-corrected chi connectivity index (χ2v) is 3.51. The summed E-state index contributed by atoms with van der Waals surface area (Å²) < 4.78 is 0. The van der Waals surface area contributed by atoms with Gasteiger partial charge in [-0.25, -0.2) is 0 Å². The molecule has 3 heteroatoms. The maximum Gasteiger partial charge on any atom is 0.217 e. The van der Waals surface area contributed by atoms with Crippen LogP contribution in [0.1, 0.15) is 51.9 Å². The molecule has 0 radical (unpaired) electrons. The van der Waals surface area contributed by atoms with Crippen molar-refractivity contribution in [3.8, 4) is 0 Å². The van der Waals surface area contributed by atoms with Gasteiger partial charge in [-0.15, -0.1) is 0 Å². The van der Waals surface area contributed by atoms with Crippen LogP contribution >= 0.6 is 0 Å². The smallest absolute Gasteiger partial charge is 0.217 e. The number of amides is 1. The molecule has 0 aliphatic rings. The van der Waals surface area contributed by atoms with Crippen molar-refractivity contribution >= 4 is 5.91 Å². The molecular weight excluding hydrogens is 166 g/mol. The zero-order chi connectivity index (χ0) is 10.1. The summed E-state index contributed by atoms with van der Waals surface area (Å²) in [5.74, 6) is -0.247. The number of aliphatic hydroxyl groups excluding tert-OH is 1. The molecule has 0 fully saturated rings. The van der Waals surface area contributed by atoms with Gasteiger partial charge in [-0.1, -0.05) is 26.2 Å². The fourth-order valence-electron chi connectivity index (χ4n) is 1.26. The van der Waals surface area contributed by atoms with Crippen molar-refractivity contribution in [1.82, 2.24) is 0 Å². The zero-order valence-electron chi connectivity index (χ0n) is 8.46. The molecule has 1 amide bonds. The number of carbonyl (C=O) groups is 1. The Hall–Kier alpha value is -0.570. The molecule has 0 saturated carbocycles. The minimum absolute atomic E-state index is 0.187. The summed E-state index contributed by atoms with van der Waals surface area (Å²) in [6.07, 6.45) is 5.84. The van der Waals surface area contributed by atoms with Crippen LogP contribution in [0.4, 0.5) is 0 Å². The van der Waals surface area contributed by atoms with E-state index in [1.54, 1.807) is 0 Å². The minimum Gasteiger partial charge on any atom is -0.393 e. The van der Waals surface area contributed by atoms with E-state index < -0.39 is 0 Å². The molecule has 0 aromatic rings. The quantitative estimate of drug-likeness (QED) is 0.567. The molecule has 0 aromatic heterocycles. The van der Waals surface area contributed by atoms with Gasteiger partial charge in [0, 0.05) is 6.42 Å². The third kappa shape index (κ3) is 9.34. The van der Waals surface area contributed by atoms with Gasteiger partial charge in [0.05, 0.1) is 6.10 Å². The van der Waals surface area contributed by atoms with Crippen molar-refractivity contribution in [1.29, 1.82) is 0 Å². The predicted molar refractivity (Wildman–Crippen MR) is 53.2 cm³/mol. The zero-order valence-corrected chi connectivity index (χ0v) is 8.46. The summed E-state index contributed by atoms with van der Waals surface area (Å²) in [5, 5.41) is 9.43. The Morgan fingerprint density at radius 2 is 1.92 bits per heavy atom. The van der Waals surface area contributed by atoms with Crippen molar-refractivity contribution in [2.45, 2.75) is 58.0 Å². The summed E-state index contributed by atoms with van der Waals surface area (Å²) in [5.41, 5.74) is 4.99. The normalized spacial score (nSPS) is 12.8. The number of primary amides is 1. The molecule has 13 heavy (non-hydrogen) atoms. The molecule has 3 nitrogen and oxygen atoms in total. The number of rotatable bonds is 8. The van der Waals surface area contributed by atoms with Crippen LogP contribution in [0.25, 0.3) is 0 Å². The first-order valence-corrected chi connectivity index (χ1v) is 5.13. The number of hydrogen-bond acceptors (Lipinski definition) is 2. The van der Waals surface area contributed by atoms with Gasteiger partial charge >= 0.3 is 0 Å². The van der Waals surface area contributed by atoms with Gasteiger partial charge in [0.25, 0.3) is 0 Å². The SMILES string of the molecule is CCCCC(O)CCCCC(N)=O. The Balaban J connectivity index is 3.16. The Morgan fingerprint density at radius 1 is 1.31 bits per heavy atom. The van der Waals surface area contributed by atoms with E-state index in [0.29, 0.717) is 6.42 Å². The van der Waals surface area contributed by atoms with Gasteiger partial charge in [-0.05, 0) is 19.3 Å². The van der Waals surface area contributed by atoms with E-state index in [9.17, 15) is 9.90 Å². The average molecular weight is 187 g/mol. The van der Waals surface area contributed by atoms with E-state index >= 15 is 0 Å². The number of hydrogen-bond donors (Lipinski definition) is 2. The molecule has 0 heterocycles. The molecule has 1 atom stereocenters. The van der Waals surface area contributed by atoms with Crippen LogP contribution in [0.3, 0.4) is 0 Å². The van der Waals surface area contributed by atoms with Gasteiger partial charge in [0.2, 0.25) is 5.91 Å². The molecule has 0 aromatic carbocycles. The second kappa shape index (κ2) is 8.05. The maximum atomic E-state index is 10.4. The topological polar surface area (TPSA) is 63.3 Å². The molecule has 0 aliphatic carbocycles. The lowest BCUT2D eigenvalue weighted by molar-refractivity contribution is -0.118. The van der Waals surface area contributed by atoms with Crippen LogP contribution < -0.4 is 5.73 Å². The molecule has 0 bridgehead atoms. The number of carbonyl (C=O) groups excluding carboxylic acids is 1. The lowest BCUT2D eigenvalue weighted by atomic mass is 10.1. The van der Waals surface area contributed by atoms with Crippen LogP contribution in [-0.2, 0) is 4.79 Å². The first kappa shape index (κ1) is 12.4. The fraction of sp³-hybridized carbons (Fsp3) is 0.900. The van der Waals surface area contributed by atoms with Gasteiger partial charge < -0.3 is 10.8 Å². The lowest BCUT2D eigenvalue weighted by Crippen LogP contribution is -2.11. The highest BCUT2D eigenvalue weighted by atomic mass is 16.3. The van der Waals surface area contributed by atoms with Crippen LogP contribution in [0, 0.1) is 0 Å². The van der Waals surface area contributed by atoms with Crippen molar-refractivity contribution in [3.05, 3.63) is 0 Å². The summed E-state index contributed by atoms with van der Waals surface area (Å²) >= 11 is 0. The van der Waals surface area contributed by atoms with E-state index in [-0.39, 0.29) is 12.0 Å². The maximum absolute atomic E-state index is 10.4. The van der Waals surface area contributed by atoms with E-state index in [1.807, 2.05) is 0 Å². The van der Waals surface area contributed by atoms with Gasteiger partial charge in [0.1, 0.15) is 0 Å². The Bertz CT molecular complexity index is 137. The fourth-order valence-corrected chi connectivity index (χ4v) is 1.26. The van der Waals surface area contributed by atoms with Crippen LogP contribution in [0.15, 0.2) is 0 Å². The summed E-state index contributed by atoms with van der Waals surface area (Å²) in [6, 6.07) is 0. The summed E-state index contributed by atoms with van der Waals surface area (Å²) in [4.78, 5) is 10.4. The number of aliphatic hydroxyl groups is 1. The van der Waals surface area contributed by atoms with Crippen molar-refractivity contribution in [2.24, 2.45) is 5.73 Å². The molecule has 0 rings (SSSR count). The van der Waals surface area contributed by atoms with Crippen LogP contribution in [0.5, 0.6) is 0 Å². The number of nitrogens with two attached hydrogens (primary N) is 1. The van der Waals surface area contributed by atoms with Gasteiger partial charge in [0.15, 0.2) is 0 Å². The molecule has 3 N–H and O–H groups in total. The first-order chi connectivity index (χ1) is 6.16. The summed E-state index contributed by atoms with van der Waals surface area (Å²) in [6.45, 7) is 2.11. The Kier molecular flexibility index (Phi) is 7.69. The molecule has 0 spiro atoms. The van der Waals surface area contributed by atoms with E-state index in [1.165, 1.54) is 0 Å². The molecule has 78 valence electrons. The second-order valence-electron chi connectivity index (χ2n) is 3.51. The van der Waals surface area contributed by atoms with Crippen molar-refractivity contribution < 1.29 is 9.90 Å². The Labute approximate surface area is 80.3 Å². The highest BCUT2D eigenvalue weighted by Gasteiger charge is 2.03. The standard InChI is InChI=1S/C10H21NO2/c1-2-3-6-9(12)7-4-5-8-10(11)13/h9,12H,2-8H2,1H3,(H2,11,13). The average Bonchev–Trinajstić information content (AvgIpc) is 2.08. The lowest BCUT2D eigenvalue weighted by Gasteiger charge is -2.08. The largest absolute Gasteiger partial charge is 0.393 e. The highest BCUT2D eigenvalue weighted by molar-refractivity contribution is 5.73. The van der Waals surface area contributed by atoms with Crippen LogP contribution in [0.2, 0.25) is 0 Å². The molecular formula is C10H21NO2. The van der Waals surface area contributed by atoms with Gasteiger partial charge in [-0.2, -0.15) is 0 Å². The van der Waals surface area contributed by atoms with E-state index in [0.717, 1.165) is 38.5 Å². The Morgan fingerprint density at radius 3 is 2.46 bits per heavy atom. The molecule has 0 saturated heterocycles. The number of unbranched alkanes of at least 4 members (excludes halogenated alkanes) is 2. The van der Waals surface area contributed by atoms with Crippen molar-refractivity contribution in [2.75, 3.05) is 0 Å². The first-order valence-electron chi connectivity index (χ1n) is 5.13. The van der Waals surface area contributed by atoms with E-state index in [4.69, 9.17) is 5.73 Å². The monoisotopic (exact) mass is 187 g/mol. The van der Waals surface area contributed by atoms with Crippen molar-refractivity contribution in [3.63, 3.8) is 0 Å². The highest BCUT2D eigenvalue weighted by Crippen LogP contribution is 2.09. The molecule has 0 aliphatic heterocycles. The molecule has 1 unspecified atom stereocenters. The minimum atomic E-state index is -0.247.